The van der Waals surface area contributed by atoms with Gasteiger partial charge in [0.1, 0.15) is 16.4 Å². The van der Waals surface area contributed by atoms with Gasteiger partial charge in [0.2, 0.25) is 5.91 Å². The Morgan fingerprint density at radius 2 is 1.81 bits per heavy atom. The van der Waals surface area contributed by atoms with Crippen LogP contribution in [0.5, 0.6) is 0 Å². The third-order valence-electron chi connectivity index (χ3n) is 4.20. The van der Waals surface area contributed by atoms with Gasteiger partial charge in [-0.25, -0.2) is 9.59 Å². The van der Waals surface area contributed by atoms with E-state index in [2.05, 4.69) is 10.4 Å². The molecule has 2 aromatic rings. The van der Waals surface area contributed by atoms with Gasteiger partial charge in [-0.05, 0) is 32.8 Å². The largest absolute Gasteiger partial charge is 0.462 e. The van der Waals surface area contributed by atoms with Gasteiger partial charge in [0, 0.05) is 0 Å². The lowest BCUT2D eigenvalue weighted by atomic mass is 10.1. The number of hydrogen-bond acceptors (Lipinski definition) is 7. The lowest BCUT2D eigenvalue weighted by Gasteiger charge is -2.08. The molecular formula is C19H21ClF3N3O5S. The normalized spacial score (nSPS) is 11.4. The van der Waals surface area contributed by atoms with Crippen LogP contribution in [0.15, 0.2) is 0 Å². The average Bonchev–Trinajstić information content (AvgIpc) is 3.17. The predicted octanol–water partition coefficient (Wildman–Crippen LogP) is 4.62. The topological polar surface area (TPSA) is 99.5 Å². The first-order chi connectivity index (χ1) is 14.9. The van der Waals surface area contributed by atoms with E-state index in [4.69, 9.17) is 21.1 Å². The van der Waals surface area contributed by atoms with E-state index in [0.717, 1.165) is 16.0 Å². The van der Waals surface area contributed by atoms with Crippen LogP contribution >= 0.6 is 22.9 Å². The van der Waals surface area contributed by atoms with Crippen molar-refractivity contribution in [1.82, 2.24) is 9.78 Å². The second kappa shape index (κ2) is 10.3. The Morgan fingerprint density at radius 3 is 2.34 bits per heavy atom. The second-order valence-corrected chi connectivity index (χ2v) is 7.97. The molecule has 32 heavy (non-hydrogen) atoms. The van der Waals surface area contributed by atoms with Gasteiger partial charge in [-0.2, -0.15) is 18.3 Å². The summed E-state index contributed by atoms with van der Waals surface area (Å²) >= 11 is 6.51. The number of esters is 2. The fourth-order valence-corrected chi connectivity index (χ4v) is 4.01. The van der Waals surface area contributed by atoms with Crippen LogP contribution in [0.2, 0.25) is 5.02 Å². The van der Waals surface area contributed by atoms with E-state index >= 15 is 0 Å². The molecule has 0 saturated heterocycles. The SMILES string of the molecule is CCCOC(=O)c1c(NC(=O)Cn2nc(C(F)(F)F)c(Cl)c2C)sc(C(=O)OCC)c1C. The molecule has 0 fully saturated rings. The molecule has 0 aromatic carbocycles. The molecule has 0 spiro atoms. The summed E-state index contributed by atoms with van der Waals surface area (Å²) in [5.74, 6) is -2.20. The highest BCUT2D eigenvalue weighted by molar-refractivity contribution is 7.18. The van der Waals surface area contributed by atoms with Crippen LogP contribution < -0.4 is 5.32 Å². The summed E-state index contributed by atoms with van der Waals surface area (Å²) in [6.45, 7) is 5.85. The van der Waals surface area contributed by atoms with Crippen molar-refractivity contribution in [1.29, 1.82) is 0 Å². The maximum Gasteiger partial charge on any atom is 0.436 e. The molecule has 2 aromatic heterocycles. The van der Waals surface area contributed by atoms with E-state index in [0.29, 0.717) is 6.42 Å². The summed E-state index contributed by atoms with van der Waals surface area (Å²) in [6.07, 6.45) is -4.22. The summed E-state index contributed by atoms with van der Waals surface area (Å²) in [4.78, 5) is 37.4. The van der Waals surface area contributed by atoms with Crippen molar-refractivity contribution in [3.05, 3.63) is 32.4 Å². The number of carbonyl (C=O) groups is 3. The van der Waals surface area contributed by atoms with Crippen molar-refractivity contribution in [2.45, 2.75) is 46.8 Å². The molecule has 2 rings (SSSR count). The minimum atomic E-state index is -4.78. The number of thiophene rings is 1. The summed E-state index contributed by atoms with van der Waals surface area (Å²) < 4.78 is 49.9. The van der Waals surface area contributed by atoms with Gasteiger partial charge in [-0.15, -0.1) is 11.3 Å². The number of rotatable bonds is 8. The maximum atomic E-state index is 13.0. The molecule has 1 N–H and O–H groups in total. The number of nitrogens with zero attached hydrogens (tertiary/aromatic N) is 2. The van der Waals surface area contributed by atoms with Crippen molar-refractivity contribution in [3.8, 4) is 0 Å². The highest BCUT2D eigenvalue weighted by Gasteiger charge is 2.38. The second-order valence-electron chi connectivity index (χ2n) is 6.57. The number of hydrogen-bond donors (Lipinski definition) is 1. The van der Waals surface area contributed by atoms with Crippen LogP contribution in [0.25, 0.3) is 0 Å². The molecule has 0 unspecified atom stereocenters. The third kappa shape index (κ3) is 5.60. The van der Waals surface area contributed by atoms with Gasteiger partial charge in [0.05, 0.1) is 29.5 Å². The molecule has 176 valence electrons. The molecule has 2 heterocycles. The third-order valence-corrected chi connectivity index (χ3v) is 5.84. The van der Waals surface area contributed by atoms with Gasteiger partial charge in [0.15, 0.2) is 5.69 Å². The van der Waals surface area contributed by atoms with Crippen molar-refractivity contribution in [2.24, 2.45) is 0 Å². The van der Waals surface area contributed by atoms with Crippen molar-refractivity contribution < 1.29 is 37.0 Å². The highest BCUT2D eigenvalue weighted by atomic mass is 35.5. The number of ether oxygens (including phenoxy) is 2. The molecule has 0 radical (unpaired) electrons. The first-order valence-electron chi connectivity index (χ1n) is 9.49. The number of nitrogens with one attached hydrogen (secondary N) is 1. The fraction of sp³-hybridized carbons (Fsp3) is 0.474. The highest BCUT2D eigenvalue weighted by Crippen LogP contribution is 2.36. The van der Waals surface area contributed by atoms with Crippen LogP contribution in [0, 0.1) is 13.8 Å². The molecule has 1 amide bonds. The van der Waals surface area contributed by atoms with Crippen LogP contribution in [0.3, 0.4) is 0 Å². The van der Waals surface area contributed by atoms with Crippen molar-refractivity contribution >= 4 is 45.8 Å². The minimum Gasteiger partial charge on any atom is -0.462 e. The van der Waals surface area contributed by atoms with Gasteiger partial charge < -0.3 is 14.8 Å². The zero-order valence-electron chi connectivity index (χ0n) is 17.7. The Morgan fingerprint density at radius 1 is 1.16 bits per heavy atom. The van der Waals surface area contributed by atoms with Crippen LogP contribution in [0.1, 0.15) is 57.2 Å². The van der Waals surface area contributed by atoms with Gasteiger partial charge in [0.25, 0.3) is 0 Å². The van der Waals surface area contributed by atoms with E-state index in [1.54, 1.807) is 13.8 Å². The number of carbonyl (C=O) groups excluding carboxylic acids is 3. The summed E-state index contributed by atoms with van der Waals surface area (Å²) in [6, 6.07) is 0. The van der Waals surface area contributed by atoms with E-state index in [1.165, 1.54) is 13.8 Å². The molecule has 0 aliphatic rings. The Labute approximate surface area is 190 Å². The lowest BCUT2D eigenvalue weighted by molar-refractivity contribution is -0.141. The van der Waals surface area contributed by atoms with E-state index < -0.39 is 41.3 Å². The van der Waals surface area contributed by atoms with Crippen LogP contribution in [-0.4, -0.2) is 40.8 Å². The number of aromatic nitrogens is 2. The van der Waals surface area contributed by atoms with Crippen molar-refractivity contribution in [3.63, 3.8) is 0 Å². The molecule has 8 nitrogen and oxygen atoms in total. The van der Waals surface area contributed by atoms with Crippen LogP contribution in [-0.2, 0) is 27.0 Å². The van der Waals surface area contributed by atoms with Gasteiger partial charge >= 0.3 is 18.1 Å². The molecule has 0 bridgehead atoms. The Balaban J connectivity index is 2.35. The summed E-state index contributed by atoms with van der Waals surface area (Å²) in [7, 11) is 0. The molecule has 0 aliphatic carbocycles. The molecular weight excluding hydrogens is 475 g/mol. The quantitative estimate of drug-likeness (QED) is 0.537. The monoisotopic (exact) mass is 495 g/mol. The predicted molar refractivity (Wildman–Crippen MR) is 111 cm³/mol. The number of halogens is 4. The number of alkyl halides is 3. The molecule has 0 atom stereocenters. The Kier molecular flexibility index (Phi) is 8.29. The number of amides is 1. The minimum absolute atomic E-state index is 0.0172. The fourth-order valence-electron chi connectivity index (χ4n) is 2.67. The van der Waals surface area contributed by atoms with E-state index in [1.807, 2.05) is 0 Å². The molecule has 0 saturated carbocycles. The van der Waals surface area contributed by atoms with E-state index in [-0.39, 0.29) is 39.9 Å². The summed E-state index contributed by atoms with van der Waals surface area (Å²) in [5.41, 5.74) is -1.11. The Hall–Kier alpha value is -2.60. The van der Waals surface area contributed by atoms with Crippen molar-refractivity contribution in [2.75, 3.05) is 18.5 Å². The smallest absolute Gasteiger partial charge is 0.436 e. The van der Waals surface area contributed by atoms with Crippen LogP contribution in [0.4, 0.5) is 18.2 Å². The first kappa shape index (κ1) is 25.7. The van der Waals surface area contributed by atoms with Gasteiger partial charge in [-0.3, -0.25) is 9.48 Å². The summed E-state index contributed by atoms with van der Waals surface area (Å²) in [5, 5.41) is 5.24. The maximum absolute atomic E-state index is 13.0. The molecule has 0 aliphatic heterocycles. The lowest BCUT2D eigenvalue weighted by Crippen LogP contribution is -2.21. The molecule has 13 heteroatoms. The first-order valence-corrected chi connectivity index (χ1v) is 10.7. The average molecular weight is 496 g/mol. The Bertz CT molecular complexity index is 1030. The zero-order valence-corrected chi connectivity index (χ0v) is 19.3. The standard InChI is InChI=1S/C19H21ClF3N3O5S/c1-5-7-31-17(28)12-9(3)14(18(29)30-6-2)32-16(12)24-11(27)8-26-10(4)13(20)15(25-26)19(21,22)23/h5-8H2,1-4H3,(H,24,27). The number of anilines is 1. The van der Waals surface area contributed by atoms with Gasteiger partial charge in [-0.1, -0.05) is 18.5 Å². The zero-order chi connectivity index (χ0) is 24.2. The van der Waals surface area contributed by atoms with E-state index in [9.17, 15) is 27.6 Å².